The zero-order valence-electron chi connectivity index (χ0n) is 17.8. The number of aryl methyl sites for hydroxylation is 1. The third-order valence-corrected chi connectivity index (χ3v) is 5.46. The summed E-state index contributed by atoms with van der Waals surface area (Å²) in [6.07, 6.45) is 1.80. The lowest BCUT2D eigenvalue weighted by Gasteiger charge is -2.31. The Bertz CT molecular complexity index is 1010. The summed E-state index contributed by atoms with van der Waals surface area (Å²) in [5.74, 6) is 3.18. The van der Waals surface area contributed by atoms with Crippen LogP contribution in [0.2, 0.25) is 0 Å². The van der Waals surface area contributed by atoms with Crippen LogP contribution >= 0.6 is 0 Å². The number of fused-ring (bicyclic) bond motifs is 1. The van der Waals surface area contributed by atoms with Gasteiger partial charge in [-0.25, -0.2) is 4.98 Å². The van der Waals surface area contributed by atoms with Gasteiger partial charge in [-0.05, 0) is 41.7 Å². The van der Waals surface area contributed by atoms with Crippen LogP contribution in [-0.4, -0.2) is 30.7 Å². The van der Waals surface area contributed by atoms with Crippen LogP contribution in [0.15, 0.2) is 48.5 Å². The second kappa shape index (κ2) is 9.03. The molecule has 0 saturated carbocycles. The van der Waals surface area contributed by atoms with Crippen molar-refractivity contribution in [3.63, 3.8) is 0 Å². The van der Waals surface area contributed by atoms with Gasteiger partial charge in [0.05, 0.1) is 14.2 Å². The fraction of sp³-hybridized carbons (Fsp3) is 0.333. The molecule has 30 heavy (non-hydrogen) atoms. The molecular weight excluding hydrogens is 376 g/mol. The van der Waals surface area contributed by atoms with Gasteiger partial charge in [-0.3, -0.25) is 0 Å². The van der Waals surface area contributed by atoms with E-state index in [1.165, 1.54) is 16.7 Å². The topological polar surface area (TPSA) is 59.5 Å². The van der Waals surface area contributed by atoms with Crippen LogP contribution in [-0.2, 0) is 25.9 Å². The number of ether oxygens (including phenoxy) is 2. The number of nitrogens with one attached hydrogen (secondary N) is 1. The molecule has 0 unspecified atom stereocenters. The fourth-order valence-electron chi connectivity index (χ4n) is 3.76. The normalized spacial score (nSPS) is 13.0. The summed E-state index contributed by atoms with van der Waals surface area (Å²) in [4.78, 5) is 11.8. The maximum absolute atomic E-state index is 5.49. The van der Waals surface area contributed by atoms with Crippen LogP contribution in [0.25, 0.3) is 0 Å². The van der Waals surface area contributed by atoms with Crippen molar-refractivity contribution >= 4 is 11.8 Å². The maximum Gasteiger partial charge on any atom is 0.225 e. The Morgan fingerprint density at radius 2 is 1.70 bits per heavy atom. The van der Waals surface area contributed by atoms with E-state index in [-0.39, 0.29) is 0 Å². The molecule has 0 amide bonds. The highest BCUT2D eigenvalue weighted by atomic mass is 16.5. The standard InChI is InChI=1S/C24H28N4O2/c1-4-20-14-23(27-24(26-20)25-15-17-8-6-5-7-9-17)28-11-10-18-12-21(29-2)22(30-3)13-19(18)16-28/h5-9,12-14H,4,10-11,15-16H2,1-3H3,(H,25,26,27). The Balaban J connectivity index is 1.56. The third kappa shape index (κ3) is 4.32. The number of hydrogen-bond donors (Lipinski definition) is 1. The molecule has 156 valence electrons. The van der Waals surface area contributed by atoms with Crippen LogP contribution in [0, 0.1) is 0 Å². The first kappa shape index (κ1) is 20.0. The van der Waals surface area contributed by atoms with Crippen molar-refractivity contribution in [1.29, 1.82) is 0 Å². The van der Waals surface area contributed by atoms with E-state index in [1.807, 2.05) is 18.2 Å². The van der Waals surface area contributed by atoms with Crippen molar-refractivity contribution in [3.05, 3.63) is 70.9 Å². The van der Waals surface area contributed by atoms with Gasteiger partial charge in [0.25, 0.3) is 0 Å². The minimum Gasteiger partial charge on any atom is -0.493 e. The Kier molecular flexibility index (Phi) is 6.02. The zero-order valence-corrected chi connectivity index (χ0v) is 17.8. The molecular formula is C24H28N4O2. The summed E-state index contributed by atoms with van der Waals surface area (Å²) < 4.78 is 10.9. The van der Waals surface area contributed by atoms with E-state index in [9.17, 15) is 0 Å². The van der Waals surface area contributed by atoms with Gasteiger partial charge in [0, 0.05) is 31.4 Å². The van der Waals surface area contributed by atoms with E-state index < -0.39 is 0 Å². The quantitative estimate of drug-likeness (QED) is 0.636. The van der Waals surface area contributed by atoms with E-state index in [0.717, 1.165) is 48.9 Å². The fourth-order valence-corrected chi connectivity index (χ4v) is 3.76. The lowest BCUT2D eigenvalue weighted by Crippen LogP contribution is -2.31. The van der Waals surface area contributed by atoms with Crippen molar-refractivity contribution in [1.82, 2.24) is 9.97 Å². The number of rotatable bonds is 7. The number of aromatic nitrogens is 2. The Labute approximate surface area is 177 Å². The van der Waals surface area contributed by atoms with Gasteiger partial charge in [0.15, 0.2) is 11.5 Å². The minimum atomic E-state index is 0.673. The van der Waals surface area contributed by atoms with Gasteiger partial charge in [-0.1, -0.05) is 37.3 Å². The molecule has 1 N–H and O–H groups in total. The molecule has 0 atom stereocenters. The molecule has 6 heteroatoms. The highest BCUT2D eigenvalue weighted by Crippen LogP contribution is 2.34. The lowest BCUT2D eigenvalue weighted by atomic mass is 9.98. The number of hydrogen-bond acceptors (Lipinski definition) is 6. The van der Waals surface area contributed by atoms with Gasteiger partial charge in [0.1, 0.15) is 5.82 Å². The average Bonchev–Trinajstić information content (AvgIpc) is 2.81. The van der Waals surface area contributed by atoms with Crippen molar-refractivity contribution < 1.29 is 9.47 Å². The molecule has 0 bridgehead atoms. The number of anilines is 2. The molecule has 1 aromatic heterocycles. The highest BCUT2D eigenvalue weighted by molar-refractivity contribution is 5.53. The second-order valence-electron chi connectivity index (χ2n) is 7.38. The van der Waals surface area contributed by atoms with Gasteiger partial charge in [-0.2, -0.15) is 4.98 Å². The van der Waals surface area contributed by atoms with Gasteiger partial charge < -0.3 is 19.7 Å². The smallest absolute Gasteiger partial charge is 0.225 e. The monoisotopic (exact) mass is 404 g/mol. The predicted molar refractivity (Wildman–Crippen MR) is 119 cm³/mol. The number of nitrogens with zero attached hydrogens (tertiary/aromatic N) is 3. The molecule has 0 radical (unpaired) electrons. The summed E-state index contributed by atoms with van der Waals surface area (Å²) in [7, 11) is 3.35. The molecule has 0 fully saturated rings. The van der Waals surface area contributed by atoms with Gasteiger partial charge >= 0.3 is 0 Å². The van der Waals surface area contributed by atoms with E-state index in [4.69, 9.17) is 14.5 Å². The Hall–Kier alpha value is -3.28. The van der Waals surface area contributed by atoms with Gasteiger partial charge in [0.2, 0.25) is 5.95 Å². The molecule has 0 spiro atoms. The number of benzene rings is 2. The molecule has 4 rings (SSSR count). The highest BCUT2D eigenvalue weighted by Gasteiger charge is 2.21. The molecule has 0 aliphatic carbocycles. The first-order valence-corrected chi connectivity index (χ1v) is 10.3. The summed E-state index contributed by atoms with van der Waals surface area (Å²) in [6.45, 7) is 4.51. The molecule has 2 heterocycles. The van der Waals surface area contributed by atoms with Crippen LogP contribution in [0.3, 0.4) is 0 Å². The molecule has 1 aliphatic rings. The van der Waals surface area contributed by atoms with Crippen molar-refractivity contribution in [2.75, 3.05) is 31.0 Å². The van der Waals surface area contributed by atoms with Crippen LogP contribution < -0.4 is 19.7 Å². The van der Waals surface area contributed by atoms with Crippen LogP contribution in [0.4, 0.5) is 11.8 Å². The first-order chi connectivity index (χ1) is 14.7. The molecule has 6 nitrogen and oxygen atoms in total. The van der Waals surface area contributed by atoms with Crippen LogP contribution in [0.5, 0.6) is 11.5 Å². The summed E-state index contributed by atoms with van der Waals surface area (Å²) >= 11 is 0. The van der Waals surface area contributed by atoms with E-state index >= 15 is 0 Å². The lowest BCUT2D eigenvalue weighted by molar-refractivity contribution is 0.353. The maximum atomic E-state index is 5.49. The van der Waals surface area contributed by atoms with Gasteiger partial charge in [-0.15, -0.1) is 0 Å². The van der Waals surface area contributed by atoms with Crippen molar-refractivity contribution in [2.45, 2.75) is 32.9 Å². The zero-order chi connectivity index (χ0) is 20.9. The minimum absolute atomic E-state index is 0.673. The molecule has 2 aromatic carbocycles. The van der Waals surface area contributed by atoms with E-state index in [2.05, 4.69) is 52.5 Å². The number of methoxy groups -OCH3 is 2. The van der Waals surface area contributed by atoms with E-state index in [1.54, 1.807) is 14.2 Å². The SMILES string of the molecule is CCc1cc(N2CCc3cc(OC)c(OC)cc3C2)nc(NCc2ccccc2)n1. The molecule has 0 saturated heterocycles. The largest absolute Gasteiger partial charge is 0.493 e. The Morgan fingerprint density at radius 1 is 0.967 bits per heavy atom. The second-order valence-corrected chi connectivity index (χ2v) is 7.38. The summed E-state index contributed by atoms with van der Waals surface area (Å²) in [5.41, 5.74) is 4.79. The summed E-state index contributed by atoms with van der Waals surface area (Å²) in [5, 5.41) is 3.38. The van der Waals surface area contributed by atoms with Crippen LogP contribution in [0.1, 0.15) is 29.3 Å². The Morgan fingerprint density at radius 3 is 2.40 bits per heavy atom. The van der Waals surface area contributed by atoms with E-state index in [0.29, 0.717) is 12.5 Å². The molecule has 3 aromatic rings. The predicted octanol–water partition coefficient (Wildman–Crippen LogP) is 4.23. The summed E-state index contributed by atoms with van der Waals surface area (Å²) in [6, 6.07) is 16.6. The average molecular weight is 405 g/mol. The third-order valence-electron chi connectivity index (χ3n) is 5.46. The van der Waals surface area contributed by atoms with Crippen molar-refractivity contribution in [2.24, 2.45) is 0 Å². The van der Waals surface area contributed by atoms with Crippen molar-refractivity contribution in [3.8, 4) is 11.5 Å². The molecule has 1 aliphatic heterocycles. The first-order valence-electron chi connectivity index (χ1n) is 10.3.